The van der Waals surface area contributed by atoms with Crippen LogP contribution in [0.1, 0.15) is 47.9 Å². The van der Waals surface area contributed by atoms with Gasteiger partial charge in [-0.25, -0.2) is 4.79 Å². The first-order chi connectivity index (χ1) is 8.39. The molecule has 0 aliphatic carbocycles. The minimum absolute atomic E-state index is 0.223. The fourth-order valence-corrected chi connectivity index (χ4v) is 1.31. The van der Waals surface area contributed by atoms with E-state index >= 15 is 0 Å². The molecule has 1 aromatic carbocycles. The van der Waals surface area contributed by atoms with E-state index in [1.807, 2.05) is 20.8 Å². The quantitative estimate of drug-likeness (QED) is 0.834. The zero-order valence-corrected chi connectivity index (χ0v) is 11.2. The number of hydrogen-bond donors (Lipinski definition) is 1. The van der Waals surface area contributed by atoms with Gasteiger partial charge in [-0.05, 0) is 38.5 Å². The SMILES string of the molecule is CCC(C)(C)OC(=O)c1cccc(C(=O)NC)c1. The van der Waals surface area contributed by atoms with E-state index in [0.717, 1.165) is 6.42 Å². The maximum Gasteiger partial charge on any atom is 0.338 e. The molecule has 1 aromatic rings. The molecule has 0 bridgehead atoms. The summed E-state index contributed by atoms with van der Waals surface area (Å²) in [6, 6.07) is 6.49. The fourth-order valence-electron chi connectivity index (χ4n) is 1.31. The molecule has 0 saturated heterocycles. The van der Waals surface area contributed by atoms with Gasteiger partial charge < -0.3 is 10.1 Å². The molecule has 1 N–H and O–H groups in total. The first kappa shape index (κ1) is 14.2. The van der Waals surface area contributed by atoms with Gasteiger partial charge in [-0.1, -0.05) is 13.0 Å². The lowest BCUT2D eigenvalue weighted by Crippen LogP contribution is -2.27. The summed E-state index contributed by atoms with van der Waals surface area (Å²) in [4.78, 5) is 23.4. The third-order valence-corrected chi connectivity index (χ3v) is 2.81. The van der Waals surface area contributed by atoms with E-state index in [-0.39, 0.29) is 5.91 Å². The molecule has 0 aromatic heterocycles. The molecule has 98 valence electrons. The summed E-state index contributed by atoms with van der Waals surface area (Å²) in [5.74, 6) is -0.632. The van der Waals surface area contributed by atoms with Crippen molar-refractivity contribution in [2.75, 3.05) is 7.05 Å². The van der Waals surface area contributed by atoms with Gasteiger partial charge in [0, 0.05) is 12.6 Å². The maximum atomic E-state index is 11.9. The van der Waals surface area contributed by atoms with Gasteiger partial charge in [0.05, 0.1) is 5.56 Å². The average molecular weight is 249 g/mol. The van der Waals surface area contributed by atoms with Crippen molar-refractivity contribution >= 4 is 11.9 Å². The van der Waals surface area contributed by atoms with Crippen LogP contribution in [0.2, 0.25) is 0 Å². The largest absolute Gasteiger partial charge is 0.456 e. The average Bonchev–Trinajstić information content (AvgIpc) is 2.37. The highest BCUT2D eigenvalue weighted by molar-refractivity contribution is 5.97. The number of esters is 1. The Kier molecular flexibility index (Phi) is 4.48. The lowest BCUT2D eigenvalue weighted by Gasteiger charge is -2.23. The summed E-state index contributed by atoms with van der Waals surface area (Å²) in [5, 5.41) is 2.52. The van der Waals surface area contributed by atoms with Crippen molar-refractivity contribution < 1.29 is 14.3 Å². The lowest BCUT2D eigenvalue weighted by atomic mass is 10.1. The second kappa shape index (κ2) is 5.67. The molecular formula is C14H19NO3. The molecule has 0 atom stereocenters. The van der Waals surface area contributed by atoms with E-state index in [4.69, 9.17) is 4.74 Å². The summed E-state index contributed by atoms with van der Waals surface area (Å²) in [6.07, 6.45) is 0.730. The van der Waals surface area contributed by atoms with Crippen LogP contribution in [0.15, 0.2) is 24.3 Å². The van der Waals surface area contributed by atoms with Crippen LogP contribution in [-0.4, -0.2) is 24.5 Å². The van der Waals surface area contributed by atoms with Gasteiger partial charge in [-0.15, -0.1) is 0 Å². The highest BCUT2D eigenvalue weighted by Gasteiger charge is 2.21. The van der Waals surface area contributed by atoms with Crippen molar-refractivity contribution in [1.29, 1.82) is 0 Å². The van der Waals surface area contributed by atoms with Crippen LogP contribution in [-0.2, 0) is 4.74 Å². The van der Waals surface area contributed by atoms with Crippen LogP contribution in [0.5, 0.6) is 0 Å². The van der Waals surface area contributed by atoms with Gasteiger partial charge in [0.2, 0.25) is 0 Å². The topological polar surface area (TPSA) is 55.4 Å². The Bertz CT molecular complexity index is 452. The van der Waals surface area contributed by atoms with Crippen molar-refractivity contribution in [3.8, 4) is 0 Å². The minimum atomic E-state index is -0.500. The zero-order valence-electron chi connectivity index (χ0n) is 11.2. The molecule has 0 aliphatic rings. The molecule has 4 nitrogen and oxygen atoms in total. The number of carbonyl (C=O) groups is 2. The molecule has 0 spiro atoms. The number of ether oxygens (including phenoxy) is 1. The molecule has 0 unspecified atom stereocenters. The van der Waals surface area contributed by atoms with E-state index in [1.165, 1.54) is 6.07 Å². The molecule has 0 saturated carbocycles. The monoisotopic (exact) mass is 249 g/mol. The Labute approximate surface area is 107 Å². The third kappa shape index (κ3) is 3.58. The molecule has 0 heterocycles. The molecule has 4 heteroatoms. The van der Waals surface area contributed by atoms with E-state index < -0.39 is 11.6 Å². The van der Waals surface area contributed by atoms with Gasteiger partial charge in [0.25, 0.3) is 5.91 Å². The van der Waals surface area contributed by atoms with Crippen LogP contribution >= 0.6 is 0 Å². The third-order valence-electron chi connectivity index (χ3n) is 2.81. The summed E-state index contributed by atoms with van der Waals surface area (Å²) < 4.78 is 5.37. The van der Waals surface area contributed by atoms with Crippen molar-refractivity contribution in [2.24, 2.45) is 0 Å². The number of carbonyl (C=O) groups excluding carboxylic acids is 2. The first-order valence-corrected chi connectivity index (χ1v) is 5.95. The van der Waals surface area contributed by atoms with E-state index in [9.17, 15) is 9.59 Å². The number of nitrogens with one attached hydrogen (secondary N) is 1. The highest BCUT2D eigenvalue weighted by atomic mass is 16.6. The van der Waals surface area contributed by atoms with Crippen molar-refractivity contribution in [1.82, 2.24) is 5.32 Å². The maximum absolute atomic E-state index is 11.9. The summed E-state index contributed by atoms with van der Waals surface area (Å²) in [6.45, 7) is 5.66. The van der Waals surface area contributed by atoms with E-state index in [0.29, 0.717) is 11.1 Å². The molecule has 0 radical (unpaired) electrons. The Morgan fingerprint density at radius 3 is 2.44 bits per heavy atom. The number of benzene rings is 1. The van der Waals surface area contributed by atoms with Crippen LogP contribution in [0.25, 0.3) is 0 Å². The predicted molar refractivity (Wildman–Crippen MR) is 69.6 cm³/mol. The summed E-state index contributed by atoms with van der Waals surface area (Å²) in [7, 11) is 1.55. The Morgan fingerprint density at radius 2 is 1.89 bits per heavy atom. The van der Waals surface area contributed by atoms with Gasteiger partial charge in [0.1, 0.15) is 5.60 Å². The normalized spacial score (nSPS) is 10.9. The molecule has 0 aliphatic heterocycles. The van der Waals surface area contributed by atoms with Gasteiger partial charge >= 0.3 is 5.97 Å². The van der Waals surface area contributed by atoms with Gasteiger partial charge in [-0.2, -0.15) is 0 Å². The van der Waals surface area contributed by atoms with Crippen LogP contribution in [0, 0.1) is 0 Å². The van der Waals surface area contributed by atoms with Gasteiger partial charge in [-0.3, -0.25) is 4.79 Å². The zero-order chi connectivity index (χ0) is 13.8. The second-order valence-corrected chi connectivity index (χ2v) is 4.66. The molecule has 1 amide bonds. The van der Waals surface area contributed by atoms with Crippen molar-refractivity contribution in [2.45, 2.75) is 32.8 Å². The lowest BCUT2D eigenvalue weighted by molar-refractivity contribution is -0.00243. The van der Waals surface area contributed by atoms with Crippen LogP contribution in [0.3, 0.4) is 0 Å². The second-order valence-electron chi connectivity index (χ2n) is 4.66. The number of rotatable bonds is 4. The smallest absolute Gasteiger partial charge is 0.338 e. The highest BCUT2D eigenvalue weighted by Crippen LogP contribution is 2.17. The molecular weight excluding hydrogens is 230 g/mol. The predicted octanol–water partition coefficient (Wildman–Crippen LogP) is 2.39. The van der Waals surface area contributed by atoms with E-state index in [2.05, 4.69) is 5.32 Å². The number of amides is 1. The van der Waals surface area contributed by atoms with E-state index in [1.54, 1.807) is 25.2 Å². The Morgan fingerprint density at radius 1 is 1.28 bits per heavy atom. The molecule has 18 heavy (non-hydrogen) atoms. The molecule has 1 rings (SSSR count). The Hall–Kier alpha value is -1.84. The van der Waals surface area contributed by atoms with Gasteiger partial charge in [0.15, 0.2) is 0 Å². The Balaban J connectivity index is 2.90. The van der Waals surface area contributed by atoms with Crippen molar-refractivity contribution in [3.63, 3.8) is 0 Å². The molecule has 0 fully saturated rings. The first-order valence-electron chi connectivity index (χ1n) is 5.95. The van der Waals surface area contributed by atoms with Crippen LogP contribution in [0.4, 0.5) is 0 Å². The summed E-state index contributed by atoms with van der Waals surface area (Å²) in [5.41, 5.74) is 0.332. The fraction of sp³-hybridized carbons (Fsp3) is 0.429. The summed E-state index contributed by atoms with van der Waals surface area (Å²) >= 11 is 0. The van der Waals surface area contributed by atoms with Crippen LogP contribution < -0.4 is 5.32 Å². The van der Waals surface area contributed by atoms with Crippen molar-refractivity contribution in [3.05, 3.63) is 35.4 Å². The standard InChI is InChI=1S/C14H19NO3/c1-5-14(2,3)18-13(17)11-8-6-7-10(9-11)12(16)15-4/h6-9H,5H2,1-4H3,(H,15,16). The minimum Gasteiger partial charge on any atom is -0.456 e. The number of hydrogen-bond acceptors (Lipinski definition) is 3.